The predicted octanol–water partition coefficient (Wildman–Crippen LogP) is 3.79. The lowest BCUT2D eigenvalue weighted by Gasteiger charge is -2.01. The molecule has 0 unspecified atom stereocenters. The van der Waals surface area contributed by atoms with Gasteiger partial charge >= 0.3 is 0 Å². The zero-order valence-corrected chi connectivity index (χ0v) is 10.9. The van der Waals surface area contributed by atoms with Gasteiger partial charge in [0.05, 0.1) is 10.9 Å². The zero-order chi connectivity index (χ0) is 12.5. The second-order valence-electron chi connectivity index (χ2n) is 3.83. The Kier molecular flexibility index (Phi) is 2.94. The molecule has 0 spiro atoms. The van der Waals surface area contributed by atoms with Crippen molar-refractivity contribution in [2.75, 3.05) is 0 Å². The number of rotatable bonds is 2. The minimum absolute atomic E-state index is 0.348. The van der Waals surface area contributed by atoms with Gasteiger partial charge in [0.1, 0.15) is 5.69 Å². The highest BCUT2D eigenvalue weighted by Gasteiger charge is 2.16. The zero-order valence-electron chi connectivity index (χ0n) is 9.35. The van der Waals surface area contributed by atoms with Crippen LogP contribution >= 0.6 is 23.2 Å². The molecule has 1 aromatic carbocycles. The van der Waals surface area contributed by atoms with Crippen LogP contribution in [0.5, 0.6) is 0 Å². The lowest BCUT2D eigenvalue weighted by molar-refractivity contribution is 0.943. The van der Waals surface area contributed by atoms with E-state index in [0.717, 1.165) is 22.5 Å². The van der Waals surface area contributed by atoms with Crippen molar-refractivity contribution in [3.05, 3.63) is 53.3 Å². The van der Waals surface area contributed by atoms with Crippen molar-refractivity contribution in [1.29, 1.82) is 0 Å². The van der Waals surface area contributed by atoms with Gasteiger partial charge in [-0.25, -0.2) is 9.50 Å². The minimum atomic E-state index is 0.348. The molecule has 0 radical (unpaired) electrons. The molecule has 3 rings (SSSR count). The number of hydrogen-bond acceptors (Lipinski definition) is 2. The lowest BCUT2D eigenvalue weighted by atomic mass is 10.1. The summed E-state index contributed by atoms with van der Waals surface area (Å²) in [6.07, 6.45) is 3.57. The van der Waals surface area contributed by atoms with Crippen LogP contribution in [-0.4, -0.2) is 14.6 Å². The van der Waals surface area contributed by atoms with Gasteiger partial charge in [-0.2, -0.15) is 5.10 Å². The summed E-state index contributed by atoms with van der Waals surface area (Å²) in [6, 6.07) is 9.41. The Morgan fingerprint density at radius 2 is 2.00 bits per heavy atom. The van der Waals surface area contributed by atoms with E-state index in [2.05, 4.69) is 10.1 Å². The molecular formula is C13H9Cl2N3. The van der Waals surface area contributed by atoms with E-state index in [-0.39, 0.29) is 0 Å². The van der Waals surface area contributed by atoms with Crippen LogP contribution in [0.2, 0.25) is 5.02 Å². The Morgan fingerprint density at radius 3 is 2.78 bits per heavy atom. The van der Waals surface area contributed by atoms with Crippen LogP contribution in [0.3, 0.4) is 0 Å². The summed E-state index contributed by atoms with van der Waals surface area (Å²) in [7, 11) is 0. The molecule has 3 aromatic rings. The first kappa shape index (κ1) is 11.5. The molecule has 90 valence electrons. The number of hydrogen-bond donors (Lipinski definition) is 0. The molecule has 5 heteroatoms. The molecule has 0 amide bonds. The van der Waals surface area contributed by atoms with E-state index < -0.39 is 0 Å². The van der Waals surface area contributed by atoms with Crippen LogP contribution in [0.4, 0.5) is 0 Å². The molecule has 2 aromatic heterocycles. The highest BCUT2D eigenvalue weighted by atomic mass is 35.5. The van der Waals surface area contributed by atoms with Gasteiger partial charge in [-0.05, 0) is 12.1 Å². The van der Waals surface area contributed by atoms with Gasteiger partial charge in [-0.3, -0.25) is 0 Å². The standard InChI is InChI=1S/C13H9Cl2N3/c14-8-10-12(9-4-1-2-5-11(9)15)17-18-7-3-6-16-13(10)18/h1-7H,8H2. The van der Waals surface area contributed by atoms with Crippen LogP contribution in [0, 0.1) is 0 Å². The second kappa shape index (κ2) is 4.59. The molecule has 0 saturated carbocycles. The lowest BCUT2D eigenvalue weighted by Crippen LogP contribution is -1.87. The van der Waals surface area contributed by atoms with Gasteiger partial charge in [-0.15, -0.1) is 11.6 Å². The molecule has 18 heavy (non-hydrogen) atoms. The Bertz CT molecular complexity index is 706. The quantitative estimate of drug-likeness (QED) is 0.667. The molecular weight excluding hydrogens is 269 g/mol. The third kappa shape index (κ3) is 1.76. The summed E-state index contributed by atoms with van der Waals surface area (Å²) in [4.78, 5) is 4.30. The van der Waals surface area contributed by atoms with E-state index in [4.69, 9.17) is 23.2 Å². The predicted molar refractivity (Wildman–Crippen MR) is 73.0 cm³/mol. The van der Waals surface area contributed by atoms with Gasteiger partial charge in [-0.1, -0.05) is 29.8 Å². The van der Waals surface area contributed by atoms with Crippen molar-refractivity contribution >= 4 is 28.8 Å². The number of benzene rings is 1. The topological polar surface area (TPSA) is 30.2 Å². The Labute approximate surface area is 114 Å². The van der Waals surface area contributed by atoms with Crippen LogP contribution < -0.4 is 0 Å². The third-order valence-electron chi connectivity index (χ3n) is 2.75. The molecule has 0 fully saturated rings. The number of alkyl halides is 1. The molecule has 0 aliphatic heterocycles. The maximum Gasteiger partial charge on any atom is 0.159 e. The first-order valence-electron chi connectivity index (χ1n) is 5.44. The van der Waals surface area contributed by atoms with Crippen LogP contribution in [-0.2, 0) is 5.88 Å². The highest BCUT2D eigenvalue weighted by molar-refractivity contribution is 6.33. The molecule has 0 bridgehead atoms. The van der Waals surface area contributed by atoms with E-state index in [0.29, 0.717) is 10.9 Å². The van der Waals surface area contributed by atoms with Gasteiger partial charge in [0.15, 0.2) is 5.65 Å². The monoisotopic (exact) mass is 277 g/mol. The van der Waals surface area contributed by atoms with E-state index in [1.165, 1.54) is 0 Å². The first-order valence-corrected chi connectivity index (χ1v) is 6.35. The molecule has 0 aliphatic rings. The number of nitrogens with zero attached hydrogens (tertiary/aromatic N) is 3. The first-order chi connectivity index (χ1) is 8.81. The molecule has 0 N–H and O–H groups in total. The molecule has 2 heterocycles. The Hall–Kier alpha value is -1.58. The summed E-state index contributed by atoms with van der Waals surface area (Å²) < 4.78 is 1.72. The fraction of sp³-hybridized carbons (Fsp3) is 0.0769. The van der Waals surface area contributed by atoms with Gasteiger partial charge in [0.2, 0.25) is 0 Å². The summed E-state index contributed by atoms with van der Waals surface area (Å²) in [5.74, 6) is 0.348. The fourth-order valence-corrected chi connectivity index (χ4v) is 2.40. The average Bonchev–Trinajstić information content (AvgIpc) is 2.77. The normalized spacial score (nSPS) is 11.0. The van der Waals surface area contributed by atoms with E-state index in [1.807, 2.05) is 36.5 Å². The number of halogens is 2. The molecule has 3 nitrogen and oxygen atoms in total. The van der Waals surface area contributed by atoms with Crippen molar-refractivity contribution in [3.63, 3.8) is 0 Å². The summed E-state index contributed by atoms with van der Waals surface area (Å²) in [5, 5.41) is 5.16. The van der Waals surface area contributed by atoms with Crippen molar-refractivity contribution in [3.8, 4) is 11.3 Å². The average molecular weight is 278 g/mol. The summed E-state index contributed by atoms with van der Waals surface area (Å²) in [5.41, 5.74) is 3.32. The minimum Gasteiger partial charge on any atom is -0.237 e. The van der Waals surface area contributed by atoms with Crippen molar-refractivity contribution in [2.45, 2.75) is 5.88 Å². The molecule has 0 atom stereocenters. The summed E-state index contributed by atoms with van der Waals surface area (Å²) in [6.45, 7) is 0. The Morgan fingerprint density at radius 1 is 1.17 bits per heavy atom. The van der Waals surface area contributed by atoms with Crippen molar-refractivity contribution in [2.24, 2.45) is 0 Å². The maximum atomic E-state index is 6.20. The fourth-order valence-electron chi connectivity index (χ4n) is 1.93. The third-order valence-corrected chi connectivity index (χ3v) is 3.35. The Balaban J connectivity index is 2.32. The van der Waals surface area contributed by atoms with Crippen LogP contribution in [0.1, 0.15) is 5.56 Å². The number of fused-ring (bicyclic) bond motifs is 1. The maximum absolute atomic E-state index is 6.20. The van der Waals surface area contributed by atoms with Gasteiger partial charge in [0.25, 0.3) is 0 Å². The molecule has 0 aliphatic carbocycles. The summed E-state index contributed by atoms with van der Waals surface area (Å²) >= 11 is 12.2. The largest absolute Gasteiger partial charge is 0.237 e. The van der Waals surface area contributed by atoms with Crippen molar-refractivity contribution in [1.82, 2.24) is 14.6 Å². The SMILES string of the molecule is ClCc1c(-c2ccccc2Cl)nn2cccnc12. The number of aromatic nitrogens is 3. The van der Waals surface area contributed by atoms with Gasteiger partial charge in [0, 0.05) is 23.5 Å². The van der Waals surface area contributed by atoms with Crippen LogP contribution in [0.15, 0.2) is 42.7 Å². The van der Waals surface area contributed by atoms with Crippen LogP contribution in [0.25, 0.3) is 16.9 Å². The molecule has 0 saturated heterocycles. The van der Waals surface area contributed by atoms with E-state index in [1.54, 1.807) is 10.7 Å². The second-order valence-corrected chi connectivity index (χ2v) is 4.50. The van der Waals surface area contributed by atoms with Crippen molar-refractivity contribution < 1.29 is 0 Å². The van der Waals surface area contributed by atoms with Gasteiger partial charge < -0.3 is 0 Å². The van der Waals surface area contributed by atoms with E-state index in [9.17, 15) is 0 Å². The highest BCUT2D eigenvalue weighted by Crippen LogP contribution is 2.31. The smallest absolute Gasteiger partial charge is 0.159 e. The van der Waals surface area contributed by atoms with E-state index >= 15 is 0 Å².